The number of rotatable bonds is 4. The molecule has 110 valence electrons. The van der Waals surface area contributed by atoms with Gasteiger partial charge in [0.1, 0.15) is 0 Å². The molecule has 0 saturated carbocycles. The molecule has 2 amide bonds. The number of aliphatic hydroxyl groups excluding tert-OH is 1. The number of amides is 2. The predicted molar refractivity (Wildman–Crippen MR) is 81.2 cm³/mol. The van der Waals surface area contributed by atoms with Crippen LogP contribution in [0.3, 0.4) is 0 Å². The third kappa shape index (κ3) is 3.04. The Hall–Kier alpha value is -1.75. The summed E-state index contributed by atoms with van der Waals surface area (Å²) in [5.41, 5.74) is 1.81. The maximum absolute atomic E-state index is 12.3. The molecule has 0 spiro atoms. The summed E-state index contributed by atoms with van der Waals surface area (Å²) in [6.45, 7) is 3.68. The number of likely N-dealkylation sites (tertiary alicyclic amines) is 1. The molecule has 1 aliphatic heterocycles. The van der Waals surface area contributed by atoms with E-state index in [2.05, 4.69) is 17.1 Å². The highest BCUT2D eigenvalue weighted by atomic mass is 16.3. The number of para-hydroxylation sites is 2. The molecule has 1 aliphatic rings. The molecule has 1 saturated heterocycles. The van der Waals surface area contributed by atoms with Gasteiger partial charge in [-0.05, 0) is 31.9 Å². The molecule has 1 aromatic carbocycles. The molecular formula is C15H23N3O2. The van der Waals surface area contributed by atoms with Gasteiger partial charge >= 0.3 is 6.03 Å². The lowest BCUT2D eigenvalue weighted by Gasteiger charge is -2.26. The van der Waals surface area contributed by atoms with Gasteiger partial charge < -0.3 is 20.2 Å². The second-order valence-corrected chi connectivity index (χ2v) is 5.13. The van der Waals surface area contributed by atoms with Gasteiger partial charge in [0.2, 0.25) is 0 Å². The van der Waals surface area contributed by atoms with Crippen LogP contribution in [0.25, 0.3) is 0 Å². The van der Waals surface area contributed by atoms with Gasteiger partial charge in [-0.15, -0.1) is 0 Å². The second kappa shape index (κ2) is 6.61. The predicted octanol–water partition coefficient (Wildman–Crippen LogP) is 2.13. The van der Waals surface area contributed by atoms with Crippen LogP contribution in [0.1, 0.15) is 19.8 Å². The number of aliphatic hydroxyl groups is 1. The Bertz CT molecular complexity index is 464. The number of anilines is 2. The average molecular weight is 277 g/mol. The molecule has 20 heavy (non-hydrogen) atoms. The standard InChI is InChI=1S/C15H23N3O2/c1-3-17(2)14-9-5-4-8-13(14)16-15(20)18-10-6-7-12(18)11-19/h4-5,8-9,12,19H,3,6-7,10-11H2,1-2H3,(H,16,20)/t12-/m0/s1. The SMILES string of the molecule is CCN(C)c1ccccc1NC(=O)N1CCC[C@H]1CO. The fourth-order valence-electron chi connectivity index (χ4n) is 2.56. The third-order valence-corrected chi connectivity index (χ3v) is 3.88. The Labute approximate surface area is 120 Å². The molecule has 1 atom stereocenters. The van der Waals surface area contributed by atoms with Crippen molar-refractivity contribution in [2.24, 2.45) is 0 Å². The van der Waals surface area contributed by atoms with E-state index in [9.17, 15) is 9.90 Å². The Balaban J connectivity index is 2.11. The first kappa shape index (κ1) is 14.7. The van der Waals surface area contributed by atoms with Crippen molar-refractivity contribution in [2.45, 2.75) is 25.8 Å². The number of hydrogen-bond acceptors (Lipinski definition) is 3. The number of nitrogens with zero attached hydrogens (tertiary/aromatic N) is 2. The lowest BCUT2D eigenvalue weighted by molar-refractivity contribution is 0.166. The summed E-state index contributed by atoms with van der Waals surface area (Å²) in [5.74, 6) is 0. The van der Waals surface area contributed by atoms with Crippen molar-refractivity contribution in [1.82, 2.24) is 4.90 Å². The van der Waals surface area contributed by atoms with E-state index < -0.39 is 0 Å². The Morgan fingerprint density at radius 1 is 1.50 bits per heavy atom. The van der Waals surface area contributed by atoms with Gasteiger partial charge in [-0.2, -0.15) is 0 Å². The fourth-order valence-corrected chi connectivity index (χ4v) is 2.56. The van der Waals surface area contributed by atoms with Crippen LogP contribution in [0.5, 0.6) is 0 Å². The van der Waals surface area contributed by atoms with E-state index in [0.717, 1.165) is 30.8 Å². The minimum atomic E-state index is -0.126. The van der Waals surface area contributed by atoms with E-state index >= 15 is 0 Å². The lowest BCUT2D eigenvalue weighted by Crippen LogP contribution is -2.40. The Morgan fingerprint density at radius 2 is 2.25 bits per heavy atom. The average Bonchev–Trinajstić information content (AvgIpc) is 2.95. The van der Waals surface area contributed by atoms with Crippen molar-refractivity contribution in [3.63, 3.8) is 0 Å². The molecule has 0 aliphatic carbocycles. The molecule has 5 heteroatoms. The van der Waals surface area contributed by atoms with Crippen LogP contribution in [0.15, 0.2) is 24.3 Å². The van der Waals surface area contributed by atoms with E-state index in [0.29, 0.717) is 6.54 Å². The molecule has 1 fully saturated rings. The van der Waals surface area contributed by atoms with Crippen molar-refractivity contribution < 1.29 is 9.90 Å². The summed E-state index contributed by atoms with van der Waals surface area (Å²) in [6, 6.07) is 7.60. The summed E-state index contributed by atoms with van der Waals surface area (Å²) >= 11 is 0. The largest absolute Gasteiger partial charge is 0.394 e. The van der Waals surface area contributed by atoms with E-state index in [1.807, 2.05) is 31.3 Å². The highest BCUT2D eigenvalue weighted by molar-refractivity contribution is 5.93. The van der Waals surface area contributed by atoms with Crippen LogP contribution in [0.4, 0.5) is 16.2 Å². The number of benzene rings is 1. The molecule has 0 unspecified atom stereocenters. The van der Waals surface area contributed by atoms with Gasteiger partial charge in [0.05, 0.1) is 24.0 Å². The van der Waals surface area contributed by atoms with E-state index in [1.54, 1.807) is 4.90 Å². The Morgan fingerprint density at radius 3 is 2.95 bits per heavy atom. The smallest absolute Gasteiger partial charge is 0.322 e. The molecule has 0 bridgehead atoms. The van der Waals surface area contributed by atoms with Gasteiger partial charge in [-0.1, -0.05) is 12.1 Å². The zero-order valence-electron chi connectivity index (χ0n) is 12.2. The van der Waals surface area contributed by atoms with Gasteiger partial charge in [-0.3, -0.25) is 0 Å². The third-order valence-electron chi connectivity index (χ3n) is 3.88. The van der Waals surface area contributed by atoms with Crippen molar-refractivity contribution in [3.8, 4) is 0 Å². The van der Waals surface area contributed by atoms with E-state index in [1.165, 1.54) is 0 Å². The normalized spacial score (nSPS) is 18.1. The molecule has 1 heterocycles. The molecule has 2 N–H and O–H groups in total. The molecular weight excluding hydrogens is 254 g/mol. The summed E-state index contributed by atoms with van der Waals surface area (Å²) in [6.07, 6.45) is 1.83. The molecule has 0 aromatic heterocycles. The quantitative estimate of drug-likeness (QED) is 0.886. The number of carbonyl (C=O) groups is 1. The zero-order valence-corrected chi connectivity index (χ0v) is 12.2. The first-order chi connectivity index (χ1) is 9.67. The zero-order chi connectivity index (χ0) is 14.5. The molecule has 5 nitrogen and oxygen atoms in total. The van der Waals surface area contributed by atoms with Crippen LogP contribution in [0.2, 0.25) is 0 Å². The summed E-state index contributed by atoms with van der Waals surface area (Å²) in [4.78, 5) is 16.1. The van der Waals surface area contributed by atoms with Crippen molar-refractivity contribution in [1.29, 1.82) is 0 Å². The first-order valence-corrected chi connectivity index (χ1v) is 7.16. The molecule has 1 aromatic rings. The Kier molecular flexibility index (Phi) is 4.84. The highest BCUT2D eigenvalue weighted by Gasteiger charge is 2.28. The number of urea groups is 1. The minimum absolute atomic E-state index is 0.0317. The molecule has 2 rings (SSSR count). The van der Waals surface area contributed by atoms with Crippen molar-refractivity contribution in [2.75, 3.05) is 37.0 Å². The fraction of sp³-hybridized carbons (Fsp3) is 0.533. The first-order valence-electron chi connectivity index (χ1n) is 7.16. The van der Waals surface area contributed by atoms with Crippen LogP contribution >= 0.6 is 0 Å². The lowest BCUT2D eigenvalue weighted by atomic mass is 10.2. The molecule has 0 radical (unpaired) electrons. The van der Waals surface area contributed by atoms with Gasteiger partial charge in [0.15, 0.2) is 0 Å². The van der Waals surface area contributed by atoms with Crippen LogP contribution in [-0.4, -0.2) is 48.8 Å². The topological polar surface area (TPSA) is 55.8 Å². The van der Waals surface area contributed by atoms with E-state index in [4.69, 9.17) is 0 Å². The number of nitrogens with one attached hydrogen (secondary N) is 1. The summed E-state index contributed by atoms with van der Waals surface area (Å²) in [7, 11) is 2.00. The minimum Gasteiger partial charge on any atom is -0.394 e. The van der Waals surface area contributed by atoms with Crippen LogP contribution < -0.4 is 10.2 Å². The summed E-state index contributed by atoms with van der Waals surface area (Å²) in [5, 5.41) is 12.3. The maximum atomic E-state index is 12.3. The number of carbonyl (C=O) groups excluding carboxylic acids is 1. The van der Waals surface area contributed by atoms with Gasteiger partial charge in [0, 0.05) is 20.1 Å². The van der Waals surface area contributed by atoms with Gasteiger partial charge in [-0.25, -0.2) is 4.79 Å². The van der Waals surface area contributed by atoms with E-state index in [-0.39, 0.29) is 18.7 Å². The van der Waals surface area contributed by atoms with Crippen LogP contribution in [-0.2, 0) is 0 Å². The summed E-state index contributed by atoms with van der Waals surface area (Å²) < 4.78 is 0. The number of hydrogen-bond donors (Lipinski definition) is 2. The maximum Gasteiger partial charge on any atom is 0.322 e. The van der Waals surface area contributed by atoms with Crippen LogP contribution in [0, 0.1) is 0 Å². The monoisotopic (exact) mass is 277 g/mol. The van der Waals surface area contributed by atoms with Crippen molar-refractivity contribution >= 4 is 17.4 Å². The second-order valence-electron chi connectivity index (χ2n) is 5.13. The van der Waals surface area contributed by atoms with Gasteiger partial charge in [0.25, 0.3) is 0 Å². The van der Waals surface area contributed by atoms with Crippen molar-refractivity contribution in [3.05, 3.63) is 24.3 Å². The highest BCUT2D eigenvalue weighted by Crippen LogP contribution is 2.26.